The van der Waals surface area contributed by atoms with E-state index in [0.29, 0.717) is 28.2 Å². The van der Waals surface area contributed by atoms with Crippen molar-refractivity contribution in [1.82, 2.24) is 19.7 Å². The molecule has 7 nitrogen and oxygen atoms in total. The van der Waals surface area contributed by atoms with E-state index in [1.54, 1.807) is 29.2 Å². The third-order valence-corrected chi connectivity index (χ3v) is 4.71. The van der Waals surface area contributed by atoms with Gasteiger partial charge in [0.25, 0.3) is 0 Å². The second-order valence-electron chi connectivity index (χ2n) is 6.64. The molecule has 0 saturated heterocycles. The highest BCUT2D eigenvalue weighted by atomic mass is 16.3. The van der Waals surface area contributed by atoms with Crippen molar-refractivity contribution in [2.45, 2.75) is 13.8 Å². The number of fused-ring (bicyclic) bond motifs is 1. The summed E-state index contributed by atoms with van der Waals surface area (Å²) in [6, 6.07) is 9.60. The Balaban J connectivity index is 1.95. The lowest BCUT2D eigenvalue weighted by molar-refractivity contribution is 0.457. The van der Waals surface area contributed by atoms with Crippen LogP contribution in [-0.4, -0.2) is 30.6 Å². The molecular weight excluding hydrogens is 352 g/mol. The monoisotopic (exact) mass is 370 g/mol. The molecule has 2 N–H and O–H groups in total. The Morgan fingerprint density at radius 1 is 1.29 bits per heavy atom. The van der Waals surface area contributed by atoms with Gasteiger partial charge in [0.15, 0.2) is 11.7 Å². The predicted molar refractivity (Wildman–Crippen MR) is 108 cm³/mol. The summed E-state index contributed by atoms with van der Waals surface area (Å²) in [5.74, 6) is 0.571. The zero-order valence-electron chi connectivity index (χ0n) is 15.7. The topological polar surface area (TPSA) is 103 Å². The largest absolute Gasteiger partial charge is 0.494 e. The van der Waals surface area contributed by atoms with Crippen LogP contribution in [0.5, 0.6) is 5.88 Å². The van der Waals surface area contributed by atoms with Crippen molar-refractivity contribution in [2.24, 2.45) is 12.0 Å². The van der Waals surface area contributed by atoms with E-state index < -0.39 is 0 Å². The first kappa shape index (κ1) is 17.5. The number of aryl methyl sites for hydroxylation is 2. The number of nitriles is 1. The summed E-state index contributed by atoms with van der Waals surface area (Å²) < 4.78 is 1.67. The molecular formula is C21H18N6O. The van der Waals surface area contributed by atoms with Crippen LogP contribution in [-0.2, 0) is 7.05 Å². The number of H-pyrrole nitrogens is 1. The fourth-order valence-electron chi connectivity index (χ4n) is 3.35. The van der Waals surface area contributed by atoms with Crippen LogP contribution in [0.1, 0.15) is 23.6 Å². The van der Waals surface area contributed by atoms with Crippen LogP contribution < -0.4 is 0 Å². The fourth-order valence-corrected chi connectivity index (χ4v) is 3.35. The number of pyridine rings is 1. The van der Waals surface area contributed by atoms with E-state index >= 15 is 0 Å². The summed E-state index contributed by atoms with van der Waals surface area (Å²) >= 11 is 0. The third-order valence-electron chi connectivity index (χ3n) is 4.71. The third kappa shape index (κ3) is 2.91. The molecule has 0 saturated carbocycles. The van der Waals surface area contributed by atoms with Crippen molar-refractivity contribution in [3.8, 4) is 23.1 Å². The highest BCUT2D eigenvalue weighted by Crippen LogP contribution is 2.35. The van der Waals surface area contributed by atoms with Crippen LogP contribution in [0, 0.1) is 18.3 Å². The minimum absolute atomic E-state index is 0.0103. The first-order chi connectivity index (χ1) is 13.5. The smallest absolute Gasteiger partial charge is 0.198 e. The summed E-state index contributed by atoms with van der Waals surface area (Å²) in [6.07, 6.45) is 5.28. The molecule has 1 aromatic carbocycles. The van der Waals surface area contributed by atoms with Gasteiger partial charge in [-0.25, -0.2) is 4.99 Å². The maximum Gasteiger partial charge on any atom is 0.198 e. The number of benzene rings is 1. The van der Waals surface area contributed by atoms with E-state index in [0.717, 1.165) is 22.1 Å². The van der Waals surface area contributed by atoms with Crippen molar-refractivity contribution in [1.29, 1.82) is 5.26 Å². The fraction of sp³-hybridized carbons (Fsp3) is 0.143. The lowest BCUT2D eigenvalue weighted by Crippen LogP contribution is -1.95. The van der Waals surface area contributed by atoms with Gasteiger partial charge in [-0.3, -0.25) is 9.67 Å². The second kappa shape index (κ2) is 6.67. The summed E-state index contributed by atoms with van der Waals surface area (Å²) in [4.78, 5) is 11.7. The summed E-state index contributed by atoms with van der Waals surface area (Å²) in [5.41, 5.74) is 5.07. The van der Waals surface area contributed by atoms with Crippen LogP contribution in [0.2, 0.25) is 0 Å². The highest BCUT2D eigenvalue weighted by Gasteiger charge is 2.18. The number of nitrogens with one attached hydrogen (secondary N) is 1. The number of hydrogen-bond donors (Lipinski definition) is 2. The Kier molecular flexibility index (Phi) is 4.17. The normalized spacial score (nSPS) is 11.7. The van der Waals surface area contributed by atoms with Gasteiger partial charge in [-0.05, 0) is 37.6 Å². The van der Waals surface area contributed by atoms with Crippen molar-refractivity contribution >= 4 is 22.4 Å². The van der Waals surface area contributed by atoms with E-state index in [9.17, 15) is 10.4 Å². The zero-order chi connectivity index (χ0) is 19.8. The molecule has 0 fully saturated rings. The molecule has 28 heavy (non-hydrogen) atoms. The van der Waals surface area contributed by atoms with E-state index in [1.165, 1.54) is 0 Å². The summed E-state index contributed by atoms with van der Waals surface area (Å²) in [6.45, 7) is 3.80. The number of aliphatic imine (C=N–C) groups is 1. The molecule has 138 valence electrons. The maximum absolute atomic E-state index is 10.5. The van der Waals surface area contributed by atoms with Crippen LogP contribution in [0.4, 0.5) is 5.82 Å². The van der Waals surface area contributed by atoms with Crippen LogP contribution in [0.3, 0.4) is 0 Å². The number of hydrogen-bond acceptors (Lipinski definition) is 5. The standard InChI is InChI=1S/C21H18N6O/c1-12-4-6-23-11-17(12)15-9-16-18(8-14(15)10-22)25-21(28)20(16)13(2)24-19-5-7-27(3)26-19/h4-9,11,25,28H,1-3H3. The Hall–Kier alpha value is -3.92. The van der Waals surface area contributed by atoms with Gasteiger partial charge in [-0.15, -0.1) is 0 Å². The van der Waals surface area contributed by atoms with Crippen molar-refractivity contribution in [3.05, 3.63) is 59.5 Å². The van der Waals surface area contributed by atoms with Gasteiger partial charge in [0.2, 0.25) is 0 Å². The first-order valence-electron chi connectivity index (χ1n) is 8.73. The van der Waals surface area contributed by atoms with Gasteiger partial charge >= 0.3 is 0 Å². The van der Waals surface area contributed by atoms with Crippen LogP contribution in [0.25, 0.3) is 22.0 Å². The lowest BCUT2D eigenvalue weighted by atomic mass is 9.95. The minimum Gasteiger partial charge on any atom is -0.494 e. The second-order valence-corrected chi connectivity index (χ2v) is 6.64. The Labute approximate surface area is 161 Å². The molecule has 4 aromatic rings. The molecule has 0 spiro atoms. The van der Waals surface area contributed by atoms with Gasteiger partial charge in [0.1, 0.15) is 0 Å². The number of aromatic amines is 1. The number of aromatic nitrogens is 4. The molecule has 0 aliphatic heterocycles. The summed E-state index contributed by atoms with van der Waals surface area (Å²) in [7, 11) is 1.82. The molecule has 0 amide bonds. The van der Waals surface area contributed by atoms with Gasteiger partial charge in [0, 0.05) is 48.2 Å². The first-order valence-corrected chi connectivity index (χ1v) is 8.73. The lowest BCUT2D eigenvalue weighted by Gasteiger charge is -2.08. The molecule has 0 aliphatic rings. The Bertz CT molecular complexity index is 1270. The predicted octanol–water partition coefficient (Wildman–Crippen LogP) is 3.99. The van der Waals surface area contributed by atoms with Crippen molar-refractivity contribution < 1.29 is 5.11 Å². The van der Waals surface area contributed by atoms with E-state index in [2.05, 4.69) is 26.1 Å². The van der Waals surface area contributed by atoms with E-state index in [1.807, 2.05) is 39.2 Å². The minimum atomic E-state index is 0.0103. The quantitative estimate of drug-likeness (QED) is 0.532. The Morgan fingerprint density at radius 2 is 2.11 bits per heavy atom. The van der Waals surface area contributed by atoms with Crippen LogP contribution in [0.15, 0.2) is 47.8 Å². The Morgan fingerprint density at radius 3 is 2.79 bits per heavy atom. The van der Waals surface area contributed by atoms with Gasteiger partial charge < -0.3 is 10.1 Å². The molecule has 3 heterocycles. The molecule has 0 radical (unpaired) electrons. The number of aromatic hydroxyl groups is 1. The van der Waals surface area contributed by atoms with Crippen LogP contribution >= 0.6 is 0 Å². The molecule has 0 atom stereocenters. The van der Waals surface area contributed by atoms with Gasteiger partial charge in [-0.1, -0.05) is 0 Å². The molecule has 4 rings (SSSR count). The van der Waals surface area contributed by atoms with Gasteiger partial charge in [-0.2, -0.15) is 10.4 Å². The zero-order valence-corrected chi connectivity index (χ0v) is 15.7. The highest BCUT2D eigenvalue weighted by molar-refractivity contribution is 6.13. The number of nitrogens with zero attached hydrogens (tertiary/aromatic N) is 5. The van der Waals surface area contributed by atoms with E-state index in [-0.39, 0.29) is 5.88 Å². The van der Waals surface area contributed by atoms with Crippen molar-refractivity contribution in [3.63, 3.8) is 0 Å². The average molecular weight is 370 g/mol. The number of rotatable bonds is 3. The molecule has 7 heteroatoms. The molecule has 0 bridgehead atoms. The molecule has 3 aromatic heterocycles. The molecule has 0 unspecified atom stereocenters. The van der Waals surface area contributed by atoms with E-state index in [4.69, 9.17) is 0 Å². The molecule has 0 aliphatic carbocycles. The SMILES string of the molecule is CC(=Nc1ccn(C)n1)c1c(O)[nH]c2cc(C#N)c(-c3cnccc3C)cc12. The van der Waals surface area contributed by atoms with Gasteiger partial charge in [0.05, 0.1) is 28.4 Å². The summed E-state index contributed by atoms with van der Waals surface area (Å²) in [5, 5.41) is 25.2. The van der Waals surface area contributed by atoms with Crippen molar-refractivity contribution in [2.75, 3.05) is 0 Å². The maximum atomic E-state index is 10.5. The average Bonchev–Trinajstić information content (AvgIpc) is 3.22.